The van der Waals surface area contributed by atoms with Crippen molar-refractivity contribution in [3.05, 3.63) is 0 Å². The number of urea groups is 1. The number of methoxy groups -OCH3 is 1. The maximum absolute atomic E-state index is 12.1. The van der Waals surface area contributed by atoms with Crippen LogP contribution in [0.15, 0.2) is 0 Å². The summed E-state index contributed by atoms with van der Waals surface area (Å²) in [6.07, 6.45) is 0. The highest BCUT2D eigenvalue weighted by Crippen LogP contribution is 2.16. The fourth-order valence-electron chi connectivity index (χ4n) is 1.42. The average Bonchev–Trinajstić information content (AvgIpc) is 2.25. The first-order chi connectivity index (χ1) is 7.78. The lowest BCUT2D eigenvalue weighted by molar-refractivity contribution is -0.147. The smallest absolute Gasteiger partial charge is 0.329 e. The fraction of sp³-hybridized carbons (Fsp3) is 0.818. The molecule has 0 aromatic rings. The molecule has 0 fully saturated rings. The van der Waals surface area contributed by atoms with Crippen LogP contribution in [0.2, 0.25) is 0 Å². The third-order valence-electron chi connectivity index (χ3n) is 2.70. The van der Waals surface area contributed by atoms with Crippen LogP contribution in [0.4, 0.5) is 4.79 Å². The Morgan fingerprint density at radius 2 is 1.88 bits per heavy atom. The number of carboxylic acid groups (broad SMARTS) is 1. The Bertz CT molecular complexity index is 279. The van der Waals surface area contributed by atoms with Gasteiger partial charge >= 0.3 is 12.0 Å². The van der Waals surface area contributed by atoms with Crippen LogP contribution in [-0.4, -0.2) is 66.3 Å². The molecule has 0 unspecified atom stereocenters. The third kappa shape index (κ3) is 3.89. The van der Waals surface area contributed by atoms with Gasteiger partial charge in [-0.2, -0.15) is 0 Å². The Labute approximate surface area is 102 Å². The van der Waals surface area contributed by atoms with Crippen molar-refractivity contribution in [3.8, 4) is 0 Å². The van der Waals surface area contributed by atoms with Gasteiger partial charge in [-0.1, -0.05) is 0 Å². The predicted molar refractivity (Wildman–Crippen MR) is 64.0 cm³/mol. The van der Waals surface area contributed by atoms with Crippen LogP contribution in [0.3, 0.4) is 0 Å². The lowest BCUT2D eigenvalue weighted by Gasteiger charge is -2.36. The van der Waals surface area contributed by atoms with Gasteiger partial charge in [0.25, 0.3) is 0 Å². The standard InChI is InChI=1S/C11H22N2O4/c1-6-13(11(2,3)9(14)15)10(16)12(4)7-8-17-5/h6-8H2,1-5H3,(H,14,15). The van der Waals surface area contributed by atoms with E-state index in [0.29, 0.717) is 19.7 Å². The molecular weight excluding hydrogens is 224 g/mol. The molecule has 0 radical (unpaired) electrons. The van der Waals surface area contributed by atoms with Crippen molar-refractivity contribution in [2.75, 3.05) is 33.9 Å². The molecule has 2 amide bonds. The van der Waals surface area contributed by atoms with Gasteiger partial charge in [0.05, 0.1) is 6.61 Å². The topological polar surface area (TPSA) is 70.1 Å². The molecule has 100 valence electrons. The van der Waals surface area contributed by atoms with Gasteiger partial charge in [0.1, 0.15) is 5.54 Å². The van der Waals surface area contributed by atoms with E-state index in [1.807, 2.05) is 0 Å². The van der Waals surface area contributed by atoms with Crippen LogP contribution in [0.5, 0.6) is 0 Å². The van der Waals surface area contributed by atoms with Gasteiger partial charge in [0.2, 0.25) is 0 Å². The van der Waals surface area contributed by atoms with Gasteiger partial charge in [-0.05, 0) is 20.8 Å². The van der Waals surface area contributed by atoms with Crippen molar-refractivity contribution in [2.24, 2.45) is 0 Å². The first kappa shape index (κ1) is 15.7. The van der Waals surface area contributed by atoms with Crippen LogP contribution in [0.25, 0.3) is 0 Å². The SMILES string of the molecule is CCN(C(=O)N(C)CCOC)C(C)(C)C(=O)O. The number of carbonyl (C=O) groups is 2. The molecule has 0 spiro atoms. The summed E-state index contributed by atoms with van der Waals surface area (Å²) in [6.45, 7) is 5.98. The van der Waals surface area contributed by atoms with Crippen molar-refractivity contribution >= 4 is 12.0 Å². The number of amides is 2. The summed E-state index contributed by atoms with van der Waals surface area (Å²) in [7, 11) is 3.18. The quantitative estimate of drug-likeness (QED) is 0.755. The summed E-state index contributed by atoms with van der Waals surface area (Å²) < 4.78 is 4.88. The van der Waals surface area contributed by atoms with E-state index in [4.69, 9.17) is 9.84 Å². The Morgan fingerprint density at radius 1 is 1.35 bits per heavy atom. The number of likely N-dealkylation sites (N-methyl/N-ethyl adjacent to an activating group) is 2. The highest BCUT2D eigenvalue weighted by Gasteiger charge is 2.37. The molecule has 17 heavy (non-hydrogen) atoms. The first-order valence-electron chi connectivity index (χ1n) is 5.54. The molecule has 0 heterocycles. The molecule has 1 N–H and O–H groups in total. The second-order valence-corrected chi connectivity index (χ2v) is 4.31. The van der Waals surface area contributed by atoms with Crippen molar-refractivity contribution < 1.29 is 19.4 Å². The second-order valence-electron chi connectivity index (χ2n) is 4.31. The number of hydrogen-bond donors (Lipinski definition) is 1. The van der Waals surface area contributed by atoms with Crippen LogP contribution in [-0.2, 0) is 9.53 Å². The van der Waals surface area contributed by atoms with Crippen LogP contribution in [0.1, 0.15) is 20.8 Å². The summed E-state index contributed by atoms with van der Waals surface area (Å²) in [5.74, 6) is -1.02. The monoisotopic (exact) mass is 246 g/mol. The van der Waals surface area contributed by atoms with Crippen LogP contribution in [0, 0.1) is 0 Å². The van der Waals surface area contributed by atoms with Crippen molar-refractivity contribution in [3.63, 3.8) is 0 Å². The van der Waals surface area contributed by atoms with Crippen molar-refractivity contribution in [2.45, 2.75) is 26.3 Å². The van der Waals surface area contributed by atoms with Gasteiger partial charge < -0.3 is 19.6 Å². The number of carbonyl (C=O) groups excluding carboxylic acids is 1. The van der Waals surface area contributed by atoms with E-state index in [0.717, 1.165) is 0 Å². The summed E-state index contributed by atoms with van der Waals surface area (Å²) in [5, 5.41) is 9.11. The van der Waals surface area contributed by atoms with E-state index in [9.17, 15) is 9.59 Å². The van der Waals surface area contributed by atoms with Gasteiger partial charge in [0.15, 0.2) is 0 Å². The zero-order chi connectivity index (χ0) is 13.6. The number of carboxylic acids is 1. The summed E-state index contributed by atoms with van der Waals surface area (Å²) in [4.78, 5) is 26.0. The normalized spacial score (nSPS) is 11.1. The molecule has 0 rings (SSSR count). The van der Waals surface area contributed by atoms with E-state index >= 15 is 0 Å². The largest absolute Gasteiger partial charge is 0.480 e. The number of aliphatic carboxylic acids is 1. The third-order valence-corrected chi connectivity index (χ3v) is 2.70. The van der Waals surface area contributed by atoms with E-state index in [-0.39, 0.29) is 6.03 Å². The Hall–Kier alpha value is -1.30. The highest BCUT2D eigenvalue weighted by atomic mass is 16.5. The molecule has 0 aliphatic rings. The maximum atomic E-state index is 12.1. The summed E-state index contributed by atoms with van der Waals surface area (Å²) in [6, 6.07) is -0.308. The van der Waals surface area contributed by atoms with E-state index in [1.165, 1.54) is 23.6 Å². The Balaban J connectivity index is 4.77. The Morgan fingerprint density at radius 3 is 2.24 bits per heavy atom. The zero-order valence-electron chi connectivity index (χ0n) is 11.2. The van der Waals surface area contributed by atoms with Gasteiger partial charge in [0, 0.05) is 27.2 Å². The molecular formula is C11H22N2O4. The van der Waals surface area contributed by atoms with Crippen molar-refractivity contribution in [1.29, 1.82) is 0 Å². The maximum Gasteiger partial charge on any atom is 0.329 e. The summed E-state index contributed by atoms with van der Waals surface area (Å²) in [5.41, 5.74) is -1.22. The molecule has 0 aromatic carbocycles. The molecule has 0 bridgehead atoms. The van der Waals surface area contributed by atoms with Crippen LogP contribution < -0.4 is 0 Å². The van der Waals surface area contributed by atoms with E-state index in [1.54, 1.807) is 21.1 Å². The minimum Gasteiger partial charge on any atom is -0.480 e. The summed E-state index contributed by atoms with van der Waals surface area (Å²) >= 11 is 0. The molecule has 0 aliphatic heterocycles. The number of nitrogens with zero attached hydrogens (tertiary/aromatic N) is 2. The van der Waals surface area contributed by atoms with E-state index in [2.05, 4.69) is 0 Å². The molecule has 0 aliphatic carbocycles. The van der Waals surface area contributed by atoms with Crippen LogP contribution >= 0.6 is 0 Å². The number of hydrogen-bond acceptors (Lipinski definition) is 3. The predicted octanol–water partition coefficient (Wildman–Crippen LogP) is 0.870. The van der Waals surface area contributed by atoms with Gasteiger partial charge in [-0.3, -0.25) is 0 Å². The van der Waals surface area contributed by atoms with E-state index < -0.39 is 11.5 Å². The lowest BCUT2D eigenvalue weighted by Crippen LogP contribution is -2.56. The second kappa shape index (κ2) is 6.44. The molecule has 0 atom stereocenters. The highest BCUT2D eigenvalue weighted by molar-refractivity contribution is 5.85. The van der Waals surface area contributed by atoms with Crippen molar-refractivity contribution in [1.82, 2.24) is 9.80 Å². The van der Waals surface area contributed by atoms with Gasteiger partial charge in [-0.15, -0.1) is 0 Å². The molecule has 0 aromatic heterocycles. The molecule has 6 heteroatoms. The van der Waals surface area contributed by atoms with Gasteiger partial charge in [-0.25, -0.2) is 9.59 Å². The minimum atomic E-state index is -1.22. The number of rotatable bonds is 6. The molecule has 0 saturated carbocycles. The first-order valence-corrected chi connectivity index (χ1v) is 5.54. The zero-order valence-corrected chi connectivity index (χ0v) is 11.2. The Kier molecular flexibility index (Phi) is 5.95. The number of ether oxygens (including phenoxy) is 1. The fourth-order valence-corrected chi connectivity index (χ4v) is 1.42. The lowest BCUT2D eigenvalue weighted by atomic mass is 10.0. The average molecular weight is 246 g/mol. The molecule has 6 nitrogen and oxygen atoms in total. The molecule has 0 saturated heterocycles. The minimum absolute atomic E-state index is 0.308.